The van der Waals surface area contributed by atoms with Gasteiger partial charge in [-0.05, 0) is 35.6 Å². The molecule has 0 heterocycles. The zero-order valence-electron chi connectivity index (χ0n) is 16.2. The summed E-state index contributed by atoms with van der Waals surface area (Å²) in [5.41, 5.74) is 2.32. The molecule has 0 aliphatic heterocycles. The minimum absolute atomic E-state index is 0.0336. The molecule has 1 N–H and O–H groups in total. The third kappa shape index (κ3) is 4.85. The maximum Gasteiger partial charge on any atom is 0.168 e. The summed E-state index contributed by atoms with van der Waals surface area (Å²) in [4.78, 5) is 17.2. The third-order valence-corrected chi connectivity index (χ3v) is 5.23. The normalized spacial score (nSPS) is 18.3. The van der Waals surface area contributed by atoms with Gasteiger partial charge in [0.15, 0.2) is 5.78 Å². The number of fused-ring (bicyclic) bond motifs is 1. The molecule has 1 fully saturated rings. The lowest BCUT2D eigenvalue weighted by molar-refractivity contribution is -0.115. The highest BCUT2D eigenvalue weighted by Crippen LogP contribution is 2.25. The Balaban J connectivity index is 1.85. The first-order valence-electron chi connectivity index (χ1n) is 10.2. The minimum Gasteiger partial charge on any atom is -0.511 e. The van der Waals surface area contributed by atoms with E-state index in [1.807, 2.05) is 24.3 Å². The van der Waals surface area contributed by atoms with Gasteiger partial charge in [-0.2, -0.15) is 0 Å². The molecule has 142 valence electrons. The molecular formula is C24H29NO2. The fraction of sp³-hybridized carbons (Fsp3) is 0.417. The predicted octanol–water partition coefficient (Wildman–Crippen LogP) is 5.97. The minimum atomic E-state index is 0.0336. The summed E-state index contributed by atoms with van der Waals surface area (Å²) in [5.74, 6) is 0.203. The van der Waals surface area contributed by atoms with Gasteiger partial charge in [-0.25, -0.2) is 0 Å². The van der Waals surface area contributed by atoms with Crippen molar-refractivity contribution in [1.29, 1.82) is 0 Å². The molecule has 3 heteroatoms. The Morgan fingerprint density at radius 2 is 1.85 bits per heavy atom. The number of unbranched alkanes of at least 4 members (excludes halogenated alkanes) is 3. The Labute approximate surface area is 161 Å². The number of allylic oxidation sites excluding steroid dienone is 2. The largest absolute Gasteiger partial charge is 0.511 e. The van der Waals surface area contributed by atoms with Crippen molar-refractivity contribution >= 4 is 22.3 Å². The molecule has 0 bridgehead atoms. The number of carbonyl (C=O) groups is 1. The monoisotopic (exact) mass is 363 g/mol. The molecule has 2 aromatic carbocycles. The first-order chi connectivity index (χ1) is 13.2. The van der Waals surface area contributed by atoms with E-state index in [1.165, 1.54) is 19.3 Å². The van der Waals surface area contributed by atoms with Crippen LogP contribution >= 0.6 is 0 Å². The molecule has 0 amide bonds. The maximum atomic E-state index is 12.5. The molecule has 3 rings (SSSR count). The number of hydrogen-bond donors (Lipinski definition) is 1. The first kappa shape index (κ1) is 19.3. The third-order valence-electron chi connectivity index (χ3n) is 5.23. The van der Waals surface area contributed by atoms with Crippen LogP contribution in [0.3, 0.4) is 0 Å². The van der Waals surface area contributed by atoms with Crippen molar-refractivity contribution in [3.05, 3.63) is 59.4 Å². The number of Topliss-reactive ketones (excluding diaryl/α,β-unsaturated/α-hetero) is 1. The highest BCUT2D eigenvalue weighted by Gasteiger charge is 2.25. The van der Waals surface area contributed by atoms with E-state index in [0.717, 1.165) is 47.9 Å². The van der Waals surface area contributed by atoms with E-state index in [0.29, 0.717) is 18.4 Å². The van der Waals surface area contributed by atoms with Gasteiger partial charge in [-0.3, -0.25) is 9.79 Å². The van der Waals surface area contributed by atoms with Gasteiger partial charge in [0.1, 0.15) is 5.76 Å². The zero-order chi connectivity index (χ0) is 19.1. The van der Waals surface area contributed by atoms with Crippen molar-refractivity contribution in [1.82, 2.24) is 0 Å². The summed E-state index contributed by atoms with van der Waals surface area (Å²) >= 11 is 0. The van der Waals surface area contributed by atoms with Crippen LogP contribution in [-0.2, 0) is 11.2 Å². The standard InChI is InChI=1S/C24H29NO2/c1-2-3-4-7-16-25-21-14-9-15-22(26)24(21)23(27)17-19-12-8-11-18-10-5-6-13-20(18)19/h5-6,8,10-13,27H,2-4,7,9,14-17H2,1H3/b24-23+,25-21?. The molecule has 1 aliphatic rings. The molecule has 2 aromatic rings. The van der Waals surface area contributed by atoms with Crippen molar-refractivity contribution < 1.29 is 9.90 Å². The van der Waals surface area contributed by atoms with E-state index >= 15 is 0 Å². The van der Waals surface area contributed by atoms with Crippen molar-refractivity contribution in [2.45, 2.75) is 58.3 Å². The van der Waals surface area contributed by atoms with Gasteiger partial charge < -0.3 is 5.11 Å². The van der Waals surface area contributed by atoms with Crippen LogP contribution in [0.4, 0.5) is 0 Å². The van der Waals surface area contributed by atoms with Gasteiger partial charge in [0.2, 0.25) is 0 Å². The Kier molecular flexibility index (Phi) is 6.80. The molecule has 1 aliphatic carbocycles. The summed E-state index contributed by atoms with van der Waals surface area (Å²) in [6.45, 7) is 2.94. The number of aliphatic imine (C=N–C) groups is 1. The molecule has 0 aromatic heterocycles. The Morgan fingerprint density at radius 3 is 2.70 bits per heavy atom. The number of nitrogens with zero attached hydrogens (tertiary/aromatic N) is 1. The van der Waals surface area contributed by atoms with Gasteiger partial charge in [-0.15, -0.1) is 0 Å². The van der Waals surface area contributed by atoms with Crippen LogP contribution < -0.4 is 0 Å². The molecule has 0 spiro atoms. The molecule has 0 saturated heterocycles. The summed E-state index contributed by atoms with van der Waals surface area (Å²) < 4.78 is 0. The van der Waals surface area contributed by atoms with Crippen molar-refractivity contribution in [2.75, 3.05) is 6.54 Å². The van der Waals surface area contributed by atoms with Crippen LogP contribution in [0.15, 0.2) is 58.8 Å². The number of ketones is 1. The number of aliphatic hydroxyl groups is 1. The average Bonchev–Trinajstić information content (AvgIpc) is 2.68. The van der Waals surface area contributed by atoms with Crippen molar-refractivity contribution in [3.8, 4) is 0 Å². The molecule has 3 nitrogen and oxygen atoms in total. The molecule has 0 radical (unpaired) electrons. The molecular weight excluding hydrogens is 334 g/mol. The van der Waals surface area contributed by atoms with E-state index in [-0.39, 0.29) is 11.5 Å². The highest BCUT2D eigenvalue weighted by molar-refractivity contribution is 6.24. The number of carbonyl (C=O) groups excluding carboxylic acids is 1. The molecule has 1 saturated carbocycles. The SMILES string of the molecule is CCCCCCN=C1CCCC(=O)/C1=C(/O)Cc1cccc2ccccc12. The van der Waals surface area contributed by atoms with Crippen LogP contribution in [-0.4, -0.2) is 23.1 Å². The average molecular weight is 364 g/mol. The van der Waals surface area contributed by atoms with E-state index < -0.39 is 0 Å². The summed E-state index contributed by atoms with van der Waals surface area (Å²) in [7, 11) is 0. The number of benzene rings is 2. The second-order valence-electron chi connectivity index (χ2n) is 7.30. The Hall–Kier alpha value is -2.42. The van der Waals surface area contributed by atoms with Gasteiger partial charge >= 0.3 is 0 Å². The smallest absolute Gasteiger partial charge is 0.168 e. The van der Waals surface area contributed by atoms with Gasteiger partial charge in [0.05, 0.1) is 5.57 Å². The first-order valence-corrected chi connectivity index (χ1v) is 10.2. The van der Waals surface area contributed by atoms with E-state index in [4.69, 9.17) is 0 Å². The summed E-state index contributed by atoms with van der Waals surface area (Å²) in [5, 5.41) is 13.1. The van der Waals surface area contributed by atoms with Gasteiger partial charge in [0.25, 0.3) is 0 Å². The van der Waals surface area contributed by atoms with Crippen LogP contribution in [0, 0.1) is 0 Å². The number of aliphatic hydroxyl groups excluding tert-OH is 1. The van der Waals surface area contributed by atoms with Crippen LogP contribution in [0.5, 0.6) is 0 Å². The summed E-state index contributed by atoms with van der Waals surface area (Å²) in [6, 6.07) is 14.2. The molecule has 0 atom stereocenters. The second kappa shape index (κ2) is 9.50. The highest BCUT2D eigenvalue weighted by atomic mass is 16.3. The van der Waals surface area contributed by atoms with E-state index in [9.17, 15) is 9.90 Å². The fourth-order valence-electron chi connectivity index (χ4n) is 3.78. The van der Waals surface area contributed by atoms with Crippen molar-refractivity contribution in [3.63, 3.8) is 0 Å². The quantitative estimate of drug-likeness (QED) is 0.374. The molecule has 27 heavy (non-hydrogen) atoms. The Bertz CT molecular complexity index is 858. The van der Waals surface area contributed by atoms with Gasteiger partial charge in [-0.1, -0.05) is 68.7 Å². The van der Waals surface area contributed by atoms with Crippen LogP contribution in [0.25, 0.3) is 10.8 Å². The van der Waals surface area contributed by atoms with E-state index in [2.05, 4.69) is 30.1 Å². The second-order valence-corrected chi connectivity index (χ2v) is 7.30. The topological polar surface area (TPSA) is 49.7 Å². The van der Waals surface area contributed by atoms with Crippen LogP contribution in [0.2, 0.25) is 0 Å². The van der Waals surface area contributed by atoms with Crippen LogP contribution in [0.1, 0.15) is 57.4 Å². The lowest BCUT2D eigenvalue weighted by atomic mass is 9.88. The predicted molar refractivity (Wildman–Crippen MR) is 113 cm³/mol. The number of rotatable bonds is 7. The lowest BCUT2D eigenvalue weighted by Crippen LogP contribution is -2.22. The zero-order valence-corrected chi connectivity index (χ0v) is 16.2. The summed E-state index contributed by atoms with van der Waals surface area (Å²) in [6.07, 6.45) is 7.13. The maximum absolute atomic E-state index is 12.5. The van der Waals surface area contributed by atoms with Gasteiger partial charge in [0, 0.05) is 25.1 Å². The Morgan fingerprint density at radius 1 is 1.04 bits per heavy atom. The fourth-order valence-corrected chi connectivity index (χ4v) is 3.78. The molecule has 0 unspecified atom stereocenters. The van der Waals surface area contributed by atoms with E-state index in [1.54, 1.807) is 0 Å². The number of hydrogen-bond acceptors (Lipinski definition) is 3. The lowest BCUT2D eigenvalue weighted by Gasteiger charge is -2.18. The van der Waals surface area contributed by atoms with Crippen molar-refractivity contribution in [2.24, 2.45) is 4.99 Å².